The first-order valence-electron chi connectivity index (χ1n) is 8.66. The number of carbonyl (C=O) groups is 1. The summed E-state index contributed by atoms with van der Waals surface area (Å²) in [7, 11) is -3.57. The standard InChI is InChI=1S/C19H20N2O3S2/c22-19-9-11-25-18-7-6-16(12-17(18)20-19)26(23,24)21-10-8-15(13-21)14-4-2-1-3-5-14/h1-7,12,15H,8-11,13H2,(H,20,22)/t15-/m0/s1. The van der Waals surface area contributed by atoms with Crippen LogP contribution in [0.25, 0.3) is 0 Å². The number of fused-ring (bicyclic) bond motifs is 1. The number of hydrogen-bond acceptors (Lipinski definition) is 4. The zero-order valence-corrected chi connectivity index (χ0v) is 15.9. The fourth-order valence-corrected chi connectivity index (χ4v) is 5.92. The molecule has 2 aromatic rings. The fourth-order valence-electron chi connectivity index (χ4n) is 3.45. The molecule has 2 aromatic carbocycles. The van der Waals surface area contributed by atoms with Gasteiger partial charge < -0.3 is 5.32 Å². The molecule has 1 fully saturated rings. The zero-order chi connectivity index (χ0) is 18.1. The maximum Gasteiger partial charge on any atom is 0.243 e. The Kier molecular flexibility index (Phi) is 4.77. The van der Waals surface area contributed by atoms with Crippen LogP contribution in [-0.2, 0) is 14.8 Å². The van der Waals surface area contributed by atoms with Crippen LogP contribution in [0.15, 0.2) is 58.3 Å². The number of amides is 1. The molecule has 0 aliphatic carbocycles. The molecule has 26 heavy (non-hydrogen) atoms. The van der Waals surface area contributed by atoms with Gasteiger partial charge in [-0.05, 0) is 36.1 Å². The summed E-state index contributed by atoms with van der Waals surface area (Å²) < 4.78 is 27.7. The van der Waals surface area contributed by atoms with Crippen LogP contribution < -0.4 is 5.32 Å². The number of nitrogens with one attached hydrogen (secondary N) is 1. The summed E-state index contributed by atoms with van der Waals surface area (Å²) in [6.07, 6.45) is 1.26. The summed E-state index contributed by atoms with van der Waals surface area (Å²) in [5.41, 5.74) is 1.77. The van der Waals surface area contributed by atoms with Gasteiger partial charge in [-0.2, -0.15) is 4.31 Å². The Labute approximate surface area is 157 Å². The second kappa shape index (κ2) is 7.06. The van der Waals surface area contributed by atoms with E-state index in [9.17, 15) is 13.2 Å². The Morgan fingerprint density at radius 2 is 1.92 bits per heavy atom. The van der Waals surface area contributed by atoms with Gasteiger partial charge in [0.25, 0.3) is 0 Å². The maximum absolute atomic E-state index is 13.1. The number of benzene rings is 2. The van der Waals surface area contributed by atoms with Crippen LogP contribution in [0, 0.1) is 0 Å². The zero-order valence-electron chi connectivity index (χ0n) is 14.2. The molecule has 1 N–H and O–H groups in total. The molecule has 1 atom stereocenters. The van der Waals surface area contributed by atoms with Crippen molar-refractivity contribution in [3.63, 3.8) is 0 Å². The normalized spacial score (nSPS) is 21.1. The number of hydrogen-bond donors (Lipinski definition) is 1. The Bertz CT molecular complexity index is 929. The highest BCUT2D eigenvalue weighted by molar-refractivity contribution is 7.99. The van der Waals surface area contributed by atoms with E-state index in [-0.39, 0.29) is 16.7 Å². The van der Waals surface area contributed by atoms with Crippen LogP contribution in [0.3, 0.4) is 0 Å². The minimum atomic E-state index is -3.57. The Balaban J connectivity index is 1.58. The molecule has 7 heteroatoms. The predicted octanol–water partition coefficient (Wildman–Crippen LogP) is 3.30. The average molecular weight is 389 g/mol. The van der Waals surface area contributed by atoms with Crippen molar-refractivity contribution in [1.82, 2.24) is 4.31 Å². The molecule has 0 bridgehead atoms. The largest absolute Gasteiger partial charge is 0.325 e. The quantitative estimate of drug-likeness (QED) is 0.876. The maximum atomic E-state index is 13.1. The van der Waals surface area contributed by atoms with E-state index in [4.69, 9.17) is 0 Å². The van der Waals surface area contributed by atoms with Gasteiger partial charge in [0, 0.05) is 30.2 Å². The third-order valence-corrected chi connectivity index (χ3v) is 7.81. The highest BCUT2D eigenvalue weighted by Crippen LogP contribution is 2.35. The van der Waals surface area contributed by atoms with Crippen LogP contribution in [-0.4, -0.2) is 37.5 Å². The molecule has 0 aromatic heterocycles. The average Bonchev–Trinajstić information content (AvgIpc) is 3.07. The molecule has 0 spiro atoms. The molecule has 0 radical (unpaired) electrons. The summed E-state index contributed by atoms with van der Waals surface area (Å²) in [6, 6.07) is 15.1. The van der Waals surface area contributed by atoms with Crippen molar-refractivity contribution in [2.24, 2.45) is 0 Å². The number of sulfonamides is 1. The number of carbonyl (C=O) groups excluding carboxylic acids is 1. The van der Waals surface area contributed by atoms with Crippen LogP contribution in [0.5, 0.6) is 0 Å². The van der Waals surface area contributed by atoms with Gasteiger partial charge in [0.1, 0.15) is 0 Å². The minimum absolute atomic E-state index is 0.0730. The van der Waals surface area contributed by atoms with Gasteiger partial charge in [0.2, 0.25) is 15.9 Å². The van der Waals surface area contributed by atoms with Crippen molar-refractivity contribution in [2.75, 3.05) is 24.2 Å². The summed E-state index contributed by atoms with van der Waals surface area (Å²) in [5.74, 6) is 0.855. The summed E-state index contributed by atoms with van der Waals surface area (Å²) >= 11 is 1.57. The molecular formula is C19H20N2O3S2. The first-order valence-corrected chi connectivity index (χ1v) is 11.1. The van der Waals surface area contributed by atoms with E-state index in [0.29, 0.717) is 31.0 Å². The fraction of sp³-hybridized carbons (Fsp3) is 0.316. The SMILES string of the molecule is O=C1CCSc2ccc(S(=O)(=O)N3CC[C@H](c4ccccc4)C3)cc2N1. The topological polar surface area (TPSA) is 66.5 Å². The summed E-state index contributed by atoms with van der Waals surface area (Å²) in [6.45, 7) is 1.00. The van der Waals surface area contributed by atoms with E-state index in [1.165, 1.54) is 5.56 Å². The molecule has 136 valence electrons. The molecule has 2 heterocycles. The Morgan fingerprint density at radius 3 is 2.73 bits per heavy atom. The first kappa shape index (κ1) is 17.6. The second-order valence-electron chi connectivity index (χ2n) is 6.56. The van der Waals surface area contributed by atoms with Gasteiger partial charge >= 0.3 is 0 Å². The van der Waals surface area contributed by atoms with Crippen molar-refractivity contribution >= 4 is 33.4 Å². The van der Waals surface area contributed by atoms with E-state index in [2.05, 4.69) is 17.4 Å². The van der Waals surface area contributed by atoms with Gasteiger partial charge in [0.05, 0.1) is 10.6 Å². The molecule has 0 unspecified atom stereocenters. The molecule has 1 saturated heterocycles. The molecule has 2 aliphatic heterocycles. The molecule has 1 amide bonds. The number of thioether (sulfide) groups is 1. The third kappa shape index (κ3) is 3.39. The van der Waals surface area contributed by atoms with E-state index in [1.807, 2.05) is 18.2 Å². The molecular weight excluding hydrogens is 368 g/mol. The van der Waals surface area contributed by atoms with Gasteiger partial charge in [-0.25, -0.2) is 8.42 Å². The lowest BCUT2D eigenvalue weighted by atomic mass is 9.99. The lowest BCUT2D eigenvalue weighted by Gasteiger charge is -2.18. The van der Waals surface area contributed by atoms with Crippen LogP contribution >= 0.6 is 11.8 Å². The van der Waals surface area contributed by atoms with Crippen LogP contribution in [0.4, 0.5) is 5.69 Å². The van der Waals surface area contributed by atoms with Crippen molar-refractivity contribution in [2.45, 2.75) is 28.6 Å². The Morgan fingerprint density at radius 1 is 1.12 bits per heavy atom. The van der Waals surface area contributed by atoms with Crippen molar-refractivity contribution in [1.29, 1.82) is 0 Å². The van der Waals surface area contributed by atoms with Crippen molar-refractivity contribution in [3.05, 3.63) is 54.1 Å². The molecule has 5 nitrogen and oxygen atoms in total. The van der Waals surface area contributed by atoms with Crippen molar-refractivity contribution in [3.8, 4) is 0 Å². The number of rotatable bonds is 3. The van der Waals surface area contributed by atoms with Gasteiger partial charge in [-0.1, -0.05) is 30.3 Å². The van der Waals surface area contributed by atoms with Gasteiger partial charge in [-0.3, -0.25) is 4.79 Å². The first-order chi connectivity index (χ1) is 12.5. The van der Waals surface area contributed by atoms with E-state index >= 15 is 0 Å². The lowest BCUT2D eigenvalue weighted by molar-refractivity contribution is -0.115. The minimum Gasteiger partial charge on any atom is -0.325 e. The number of anilines is 1. The third-order valence-electron chi connectivity index (χ3n) is 4.87. The smallest absolute Gasteiger partial charge is 0.243 e. The molecule has 4 rings (SSSR count). The lowest BCUT2D eigenvalue weighted by Crippen LogP contribution is -2.28. The number of nitrogens with zero attached hydrogens (tertiary/aromatic N) is 1. The highest BCUT2D eigenvalue weighted by atomic mass is 32.2. The Hall–Kier alpha value is -1.83. The second-order valence-corrected chi connectivity index (χ2v) is 9.64. The highest BCUT2D eigenvalue weighted by Gasteiger charge is 2.33. The predicted molar refractivity (Wildman–Crippen MR) is 103 cm³/mol. The monoisotopic (exact) mass is 388 g/mol. The summed E-state index contributed by atoms with van der Waals surface area (Å²) in [4.78, 5) is 12.9. The summed E-state index contributed by atoms with van der Waals surface area (Å²) in [5, 5.41) is 2.82. The van der Waals surface area contributed by atoms with E-state index in [1.54, 1.807) is 34.3 Å². The van der Waals surface area contributed by atoms with Gasteiger partial charge in [-0.15, -0.1) is 11.8 Å². The van der Waals surface area contributed by atoms with Crippen molar-refractivity contribution < 1.29 is 13.2 Å². The van der Waals surface area contributed by atoms with E-state index in [0.717, 1.165) is 11.3 Å². The van der Waals surface area contributed by atoms with E-state index < -0.39 is 10.0 Å². The van der Waals surface area contributed by atoms with Crippen LogP contribution in [0.1, 0.15) is 24.3 Å². The molecule has 0 saturated carbocycles. The molecule has 2 aliphatic rings. The van der Waals surface area contributed by atoms with Crippen LogP contribution in [0.2, 0.25) is 0 Å². The van der Waals surface area contributed by atoms with Gasteiger partial charge in [0.15, 0.2) is 0 Å².